The van der Waals surface area contributed by atoms with Crippen molar-refractivity contribution in [1.82, 2.24) is 4.98 Å². The molecule has 0 N–H and O–H groups in total. The van der Waals surface area contributed by atoms with Gasteiger partial charge in [0.2, 0.25) is 0 Å². The number of halogens is 1. The number of esters is 1. The number of carbonyl (C=O) groups is 1. The molecule has 1 heterocycles. The first-order valence-corrected chi connectivity index (χ1v) is 9.12. The molecule has 0 atom stereocenters. The quantitative estimate of drug-likeness (QED) is 0.318. The van der Waals surface area contributed by atoms with Crippen LogP contribution in [0.15, 0.2) is 48.5 Å². The van der Waals surface area contributed by atoms with Crippen molar-refractivity contribution in [1.29, 1.82) is 0 Å². The Labute approximate surface area is 173 Å². The first kappa shape index (κ1) is 20.5. The van der Waals surface area contributed by atoms with Crippen molar-refractivity contribution >= 4 is 34.5 Å². The van der Waals surface area contributed by atoms with Gasteiger partial charge in [0.25, 0.3) is 0 Å². The fourth-order valence-electron chi connectivity index (χ4n) is 2.79. The second-order valence-electron chi connectivity index (χ2n) is 6.02. The average Bonchev–Trinajstić information content (AvgIpc) is 2.75. The second-order valence-corrected chi connectivity index (χ2v) is 6.38. The van der Waals surface area contributed by atoms with Gasteiger partial charge in [0, 0.05) is 28.7 Å². The standard InChI is InChI=1S/C22H20ClNO5/c1-26-17-9-7-15-11-16(22(23)24-18(15)12-17)13-29-20(25)10-8-14-5-4-6-19(27-2)21(14)28-3/h4-12H,13H2,1-3H3/b10-8+. The Hall–Kier alpha value is -3.25. The molecule has 150 valence electrons. The van der Waals surface area contributed by atoms with Gasteiger partial charge in [-0.05, 0) is 30.3 Å². The van der Waals surface area contributed by atoms with Crippen LogP contribution in [0, 0.1) is 0 Å². The number of carbonyl (C=O) groups excluding carboxylic acids is 1. The van der Waals surface area contributed by atoms with E-state index in [1.165, 1.54) is 13.2 Å². The van der Waals surface area contributed by atoms with E-state index in [2.05, 4.69) is 4.98 Å². The van der Waals surface area contributed by atoms with Crippen molar-refractivity contribution < 1.29 is 23.7 Å². The maximum absolute atomic E-state index is 12.1. The minimum atomic E-state index is -0.513. The number of hydrogen-bond donors (Lipinski definition) is 0. The van der Waals surface area contributed by atoms with Crippen LogP contribution in [0.4, 0.5) is 0 Å². The molecule has 0 unspecified atom stereocenters. The number of para-hydroxylation sites is 1. The third-order valence-electron chi connectivity index (χ3n) is 4.25. The number of benzene rings is 2. The molecule has 7 heteroatoms. The monoisotopic (exact) mass is 413 g/mol. The Bertz CT molecular complexity index is 1060. The molecule has 3 aromatic rings. The lowest BCUT2D eigenvalue weighted by molar-refractivity contribution is -0.138. The predicted octanol–water partition coefficient (Wildman–Crippen LogP) is 4.67. The van der Waals surface area contributed by atoms with Crippen LogP contribution >= 0.6 is 11.6 Å². The molecule has 0 saturated carbocycles. The smallest absolute Gasteiger partial charge is 0.331 e. The zero-order valence-corrected chi connectivity index (χ0v) is 17.0. The number of nitrogens with zero attached hydrogens (tertiary/aromatic N) is 1. The van der Waals surface area contributed by atoms with Crippen LogP contribution in [-0.2, 0) is 16.1 Å². The summed E-state index contributed by atoms with van der Waals surface area (Å²) in [6.45, 7) is 0.00617. The Morgan fingerprint density at radius 3 is 2.62 bits per heavy atom. The van der Waals surface area contributed by atoms with E-state index in [0.29, 0.717) is 33.9 Å². The van der Waals surface area contributed by atoms with Gasteiger partial charge in [0.15, 0.2) is 11.5 Å². The van der Waals surface area contributed by atoms with Crippen molar-refractivity contribution in [3.63, 3.8) is 0 Å². The maximum atomic E-state index is 12.1. The van der Waals surface area contributed by atoms with Crippen molar-refractivity contribution in [3.05, 3.63) is 64.8 Å². The molecule has 2 aromatic carbocycles. The number of fused-ring (bicyclic) bond motifs is 1. The predicted molar refractivity (Wildman–Crippen MR) is 112 cm³/mol. The number of rotatable bonds is 7. The highest BCUT2D eigenvalue weighted by Gasteiger charge is 2.10. The fraction of sp³-hybridized carbons (Fsp3) is 0.182. The van der Waals surface area contributed by atoms with Gasteiger partial charge in [-0.3, -0.25) is 0 Å². The Balaban J connectivity index is 1.71. The normalized spacial score (nSPS) is 10.9. The summed E-state index contributed by atoms with van der Waals surface area (Å²) in [5, 5.41) is 1.15. The Kier molecular flexibility index (Phi) is 6.57. The minimum Gasteiger partial charge on any atom is -0.497 e. The molecular formula is C22H20ClNO5. The third-order valence-corrected chi connectivity index (χ3v) is 4.58. The lowest BCUT2D eigenvalue weighted by Crippen LogP contribution is -2.02. The first-order chi connectivity index (χ1) is 14.0. The molecule has 1 aromatic heterocycles. The van der Waals surface area contributed by atoms with Gasteiger partial charge in [-0.2, -0.15) is 0 Å². The summed E-state index contributed by atoms with van der Waals surface area (Å²) < 4.78 is 21.1. The molecule has 0 aliphatic carbocycles. The van der Waals surface area contributed by atoms with E-state index in [1.54, 1.807) is 32.4 Å². The molecule has 0 radical (unpaired) electrons. The van der Waals surface area contributed by atoms with E-state index in [0.717, 1.165) is 5.39 Å². The highest BCUT2D eigenvalue weighted by molar-refractivity contribution is 6.30. The summed E-state index contributed by atoms with van der Waals surface area (Å²) >= 11 is 6.24. The van der Waals surface area contributed by atoms with Crippen LogP contribution in [0.2, 0.25) is 5.15 Å². The van der Waals surface area contributed by atoms with Crippen LogP contribution in [0.25, 0.3) is 17.0 Å². The minimum absolute atomic E-state index is 0.00617. The summed E-state index contributed by atoms with van der Waals surface area (Å²) in [6, 6.07) is 12.7. The third kappa shape index (κ3) is 4.78. The van der Waals surface area contributed by atoms with Crippen molar-refractivity contribution in [2.75, 3.05) is 21.3 Å². The summed E-state index contributed by atoms with van der Waals surface area (Å²) in [7, 11) is 4.68. The number of ether oxygens (including phenoxy) is 4. The van der Waals surface area contributed by atoms with E-state index >= 15 is 0 Å². The molecule has 0 spiro atoms. The van der Waals surface area contributed by atoms with Gasteiger partial charge in [-0.15, -0.1) is 0 Å². The first-order valence-electron chi connectivity index (χ1n) is 8.74. The van der Waals surface area contributed by atoms with Crippen molar-refractivity contribution in [2.45, 2.75) is 6.61 Å². The number of methoxy groups -OCH3 is 3. The molecule has 0 saturated heterocycles. The summed E-state index contributed by atoms with van der Waals surface area (Å²) in [4.78, 5) is 16.5. The zero-order chi connectivity index (χ0) is 20.8. The number of aromatic nitrogens is 1. The molecule has 0 amide bonds. The molecular weight excluding hydrogens is 394 g/mol. The fourth-order valence-corrected chi connectivity index (χ4v) is 2.99. The number of hydrogen-bond acceptors (Lipinski definition) is 6. The lowest BCUT2D eigenvalue weighted by atomic mass is 10.1. The molecule has 0 fully saturated rings. The van der Waals surface area contributed by atoms with Gasteiger partial charge in [0.1, 0.15) is 17.5 Å². The molecule has 0 aliphatic rings. The zero-order valence-electron chi connectivity index (χ0n) is 16.3. The summed E-state index contributed by atoms with van der Waals surface area (Å²) in [5.74, 6) is 1.30. The topological polar surface area (TPSA) is 66.9 Å². The van der Waals surface area contributed by atoms with Crippen LogP contribution in [0.5, 0.6) is 17.2 Å². The highest BCUT2D eigenvalue weighted by Crippen LogP contribution is 2.31. The summed E-state index contributed by atoms with van der Waals surface area (Å²) in [5.41, 5.74) is 2.02. The van der Waals surface area contributed by atoms with Gasteiger partial charge in [-0.1, -0.05) is 23.7 Å². The van der Waals surface area contributed by atoms with E-state index in [9.17, 15) is 4.79 Å². The largest absolute Gasteiger partial charge is 0.497 e. The Morgan fingerprint density at radius 1 is 1.07 bits per heavy atom. The SMILES string of the molecule is COc1ccc2cc(COC(=O)/C=C/c3cccc(OC)c3OC)c(Cl)nc2c1. The van der Waals surface area contributed by atoms with Gasteiger partial charge < -0.3 is 18.9 Å². The van der Waals surface area contributed by atoms with Crippen molar-refractivity contribution in [2.24, 2.45) is 0 Å². The molecule has 0 aliphatic heterocycles. The number of pyridine rings is 1. The molecule has 3 rings (SSSR count). The Morgan fingerprint density at radius 2 is 1.90 bits per heavy atom. The van der Waals surface area contributed by atoms with E-state index in [1.807, 2.05) is 30.3 Å². The van der Waals surface area contributed by atoms with Crippen LogP contribution in [0.3, 0.4) is 0 Å². The van der Waals surface area contributed by atoms with Crippen molar-refractivity contribution in [3.8, 4) is 17.2 Å². The van der Waals surface area contributed by atoms with Crippen LogP contribution in [0.1, 0.15) is 11.1 Å². The van der Waals surface area contributed by atoms with Gasteiger partial charge in [-0.25, -0.2) is 9.78 Å². The van der Waals surface area contributed by atoms with E-state index in [4.69, 9.17) is 30.5 Å². The van der Waals surface area contributed by atoms with E-state index < -0.39 is 5.97 Å². The van der Waals surface area contributed by atoms with Crippen LogP contribution < -0.4 is 14.2 Å². The van der Waals surface area contributed by atoms with Gasteiger partial charge in [0.05, 0.1) is 26.8 Å². The van der Waals surface area contributed by atoms with E-state index in [-0.39, 0.29) is 11.8 Å². The molecule has 29 heavy (non-hydrogen) atoms. The van der Waals surface area contributed by atoms with Crippen LogP contribution in [-0.4, -0.2) is 32.3 Å². The lowest BCUT2D eigenvalue weighted by Gasteiger charge is -2.10. The molecule has 0 bridgehead atoms. The second kappa shape index (κ2) is 9.30. The summed E-state index contributed by atoms with van der Waals surface area (Å²) in [6.07, 6.45) is 2.93. The molecule has 6 nitrogen and oxygen atoms in total. The maximum Gasteiger partial charge on any atom is 0.331 e. The van der Waals surface area contributed by atoms with Gasteiger partial charge >= 0.3 is 5.97 Å². The highest BCUT2D eigenvalue weighted by atomic mass is 35.5. The average molecular weight is 414 g/mol.